The molecule has 0 atom stereocenters. The number of rotatable bonds is 16. The van der Waals surface area contributed by atoms with Gasteiger partial charge in [-0.2, -0.15) is 0 Å². The van der Waals surface area contributed by atoms with Gasteiger partial charge in [0.2, 0.25) is 5.91 Å². The molecule has 7 nitrogen and oxygen atoms in total. The topological polar surface area (TPSA) is 89.1 Å². The van der Waals surface area contributed by atoms with Crippen molar-refractivity contribution in [3.63, 3.8) is 0 Å². The summed E-state index contributed by atoms with van der Waals surface area (Å²) in [5.74, 6) is 1.84. The number of hydrogen-bond donors (Lipinski definition) is 2. The fourth-order valence-electron chi connectivity index (χ4n) is 4.74. The maximum atomic E-state index is 11.5. The lowest BCUT2D eigenvalue weighted by Crippen LogP contribution is -2.22. The summed E-state index contributed by atoms with van der Waals surface area (Å²) in [6.07, 6.45) is 10.7. The maximum absolute atomic E-state index is 11.5. The Bertz CT molecular complexity index is 1080. The molecule has 0 aliphatic carbocycles. The van der Waals surface area contributed by atoms with Crippen molar-refractivity contribution in [2.75, 3.05) is 32.4 Å². The van der Waals surface area contributed by atoms with E-state index < -0.39 is 0 Å². The summed E-state index contributed by atoms with van der Waals surface area (Å²) >= 11 is 0. The Morgan fingerprint density at radius 2 is 1.74 bits per heavy atom. The zero-order valence-electron chi connectivity index (χ0n) is 22.0. The van der Waals surface area contributed by atoms with Gasteiger partial charge in [0.25, 0.3) is 0 Å². The number of nitrogens with two attached hydrogens (primary N) is 1. The fourth-order valence-corrected chi connectivity index (χ4v) is 4.74. The lowest BCUT2D eigenvalue weighted by molar-refractivity contribution is -0.121. The Hall–Kier alpha value is -2.67. The number of carbonyl (C=O) groups excluding carboxylic acids is 1. The maximum Gasteiger partial charge on any atom is 0.219 e. The average molecular weight is 481 g/mol. The van der Waals surface area contributed by atoms with Crippen molar-refractivity contribution in [3.8, 4) is 0 Å². The van der Waals surface area contributed by atoms with Crippen LogP contribution in [-0.4, -0.2) is 52.0 Å². The van der Waals surface area contributed by atoms with Crippen molar-refractivity contribution in [2.45, 2.75) is 84.6 Å². The average Bonchev–Trinajstić information content (AvgIpc) is 3.22. The van der Waals surface area contributed by atoms with Crippen molar-refractivity contribution >= 4 is 33.7 Å². The molecule has 3 aromatic rings. The number of anilines is 1. The van der Waals surface area contributed by atoms with Crippen LogP contribution in [0.4, 0.5) is 5.82 Å². The molecule has 0 radical (unpaired) electrons. The van der Waals surface area contributed by atoms with Gasteiger partial charge in [-0.15, -0.1) is 0 Å². The molecule has 0 fully saturated rings. The van der Waals surface area contributed by atoms with E-state index in [0.717, 1.165) is 98.9 Å². The van der Waals surface area contributed by atoms with E-state index in [2.05, 4.69) is 45.9 Å². The van der Waals surface area contributed by atoms with Gasteiger partial charge in [-0.25, -0.2) is 9.97 Å². The molecule has 192 valence electrons. The highest BCUT2D eigenvalue weighted by Crippen LogP contribution is 2.29. The van der Waals surface area contributed by atoms with E-state index in [4.69, 9.17) is 10.7 Å². The number of fused-ring (bicyclic) bond motifs is 3. The minimum absolute atomic E-state index is 0.181. The first-order valence-corrected chi connectivity index (χ1v) is 13.5. The minimum atomic E-state index is 0.181. The lowest BCUT2D eigenvalue weighted by atomic mass is 10.1. The van der Waals surface area contributed by atoms with Crippen LogP contribution in [0.1, 0.15) is 77.5 Å². The molecule has 35 heavy (non-hydrogen) atoms. The van der Waals surface area contributed by atoms with Gasteiger partial charge in [-0.05, 0) is 65.2 Å². The fraction of sp³-hybridized carbons (Fsp3) is 0.607. The molecule has 0 spiro atoms. The van der Waals surface area contributed by atoms with E-state index in [1.54, 1.807) is 0 Å². The van der Waals surface area contributed by atoms with E-state index >= 15 is 0 Å². The Morgan fingerprint density at radius 3 is 2.51 bits per heavy atom. The van der Waals surface area contributed by atoms with Crippen molar-refractivity contribution in [3.05, 3.63) is 30.1 Å². The van der Waals surface area contributed by atoms with Gasteiger partial charge in [0.15, 0.2) is 5.82 Å². The van der Waals surface area contributed by atoms with Gasteiger partial charge in [-0.1, -0.05) is 44.4 Å². The molecule has 0 saturated heterocycles. The van der Waals surface area contributed by atoms with Gasteiger partial charge in [0.1, 0.15) is 11.3 Å². The number of aryl methyl sites for hydroxylation is 2. The number of nitrogen functional groups attached to an aromatic ring is 1. The Kier molecular flexibility index (Phi) is 10.8. The number of imidazole rings is 1. The first-order valence-electron chi connectivity index (χ1n) is 13.5. The second-order valence-electron chi connectivity index (χ2n) is 9.62. The largest absolute Gasteiger partial charge is 0.382 e. The quantitative estimate of drug-likeness (QED) is 0.271. The van der Waals surface area contributed by atoms with Crippen molar-refractivity contribution < 1.29 is 4.79 Å². The highest BCUT2D eigenvalue weighted by atomic mass is 16.1. The second-order valence-corrected chi connectivity index (χ2v) is 9.62. The van der Waals surface area contributed by atoms with Gasteiger partial charge >= 0.3 is 0 Å². The number of unbranched alkanes of at least 4 members (excludes halogenated alkanes) is 5. The molecule has 3 N–H and O–H groups in total. The number of nitrogens with zero attached hydrogens (tertiary/aromatic N) is 4. The van der Waals surface area contributed by atoms with Crippen LogP contribution in [0.3, 0.4) is 0 Å². The van der Waals surface area contributed by atoms with Gasteiger partial charge in [0, 0.05) is 31.3 Å². The number of para-hydroxylation sites is 1. The third kappa shape index (κ3) is 7.66. The van der Waals surface area contributed by atoms with E-state index in [1.807, 2.05) is 19.1 Å². The number of benzene rings is 1. The van der Waals surface area contributed by atoms with Crippen LogP contribution in [0.5, 0.6) is 0 Å². The van der Waals surface area contributed by atoms with Crippen LogP contribution < -0.4 is 11.1 Å². The van der Waals surface area contributed by atoms with Gasteiger partial charge in [-0.3, -0.25) is 4.79 Å². The molecule has 1 aromatic carbocycles. The van der Waals surface area contributed by atoms with E-state index in [0.29, 0.717) is 12.2 Å². The molecule has 2 aromatic heterocycles. The van der Waals surface area contributed by atoms with Crippen LogP contribution in [0.25, 0.3) is 21.9 Å². The van der Waals surface area contributed by atoms with Crippen LogP contribution >= 0.6 is 0 Å². The van der Waals surface area contributed by atoms with Crippen LogP contribution in [0.15, 0.2) is 24.3 Å². The van der Waals surface area contributed by atoms with Gasteiger partial charge in [0.05, 0.1) is 11.0 Å². The molecule has 0 unspecified atom stereocenters. The first kappa shape index (κ1) is 26.9. The van der Waals surface area contributed by atoms with Crippen LogP contribution in [-0.2, 0) is 17.8 Å². The highest BCUT2D eigenvalue weighted by molar-refractivity contribution is 6.06. The van der Waals surface area contributed by atoms with Crippen molar-refractivity contribution in [1.82, 2.24) is 24.8 Å². The summed E-state index contributed by atoms with van der Waals surface area (Å²) < 4.78 is 2.40. The highest BCUT2D eigenvalue weighted by Gasteiger charge is 2.16. The predicted molar refractivity (Wildman–Crippen MR) is 147 cm³/mol. The Balaban J connectivity index is 1.51. The standard InChI is InChI=1S/C28H44N6O/c1-4-6-17-24-32-26-27(22-15-10-11-16-23(22)31-28(26)29)34(24)21-14-13-20-33(3)19-12-8-7-9-18-25(35)30-5-2/h10-11,15-16H,4-9,12-14,17-21H2,1-3H3,(H2,29,31)(H,30,35). The van der Waals surface area contributed by atoms with Crippen LogP contribution in [0, 0.1) is 0 Å². The SMILES string of the molecule is CCCCc1nc2c(N)nc3ccccc3c2n1CCCCN(C)CCCCCCC(=O)NCC. The second kappa shape index (κ2) is 14.0. The first-order chi connectivity index (χ1) is 17.0. The summed E-state index contributed by atoms with van der Waals surface area (Å²) in [4.78, 5) is 23.5. The summed E-state index contributed by atoms with van der Waals surface area (Å²) in [6, 6.07) is 8.24. The Labute approximate surface area is 210 Å². The van der Waals surface area contributed by atoms with Crippen molar-refractivity contribution in [1.29, 1.82) is 0 Å². The molecule has 2 heterocycles. The summed E-state index contributed by atoms with van der Waals surface area (Å²) in [5.41, 5.74) is 9.24. The molecular weight excluding hydrogens is 436 g/mol. The van der Waals surface area contributed by atoms with E-state index in [1.165, 1.54) is 12.8 Å². The summed E-state index contributed by atoms with van der Waals surface area (Å²) in [5, 5.41) is 4.00. The molecule has 0 bridgehead atoms. The van der Waals surface area contributed by atoms with Gasteiger partial charge < -0.3 is 20.5 Å². The van der Waals surface area contributed by atoms with Crippen molar-refractivity contribution in [2.24, 2.45) is 0 Å². The lowest BCUT2D eigenvalue weighted by Gasteiger charge is -2.17. The molecule has 0 saturated carbocycles. The molecule has 0 aliphatic heterocycles. The number of pyridine rings is 1. The normalized spacial score (nSPS) is 11.7. The smallest absolute Gasteiger partial charge is 0.219 e. The molecule has 0 aliphatic rings. The Morgan fingerprint density at radius 1 is 1.00 bits per heavy atom. The minimum Gasteiger partial charge on any atom is -0.382 e. The monoisotopic (exact) mass is 480 g/mol. The molecule has 7 heteroatoms. The number of hydrogen-bond acceptors (Lipinski definition) is 5. The van der Waals surface area contributed by atoms with E-state index in [-0.39, 0.29) is 5.91 Å². The third-order valence-corrected chi connectivity index (χ3v) is 6.68. The molecule has 1 amide bonds. The zero-order chi connectivity index (χ0) is 25.0. The summed E-state index contributed by atoms with van der Waals surface area (Å²) in [7, 11) is 2.22. The van der Waals surface area contributed by atoms with E-state index in [9.17, 15) is 4.79 Å². The number of aromatic nitrogens is 3. The zero-order valence-corrected chi connectivity index (χ0v) is 22.0. The summed E-state index contributed by atoms with van der Waals surface area (Å²) in [6.45, 7) is 8.08. The molecule has 3 rings (SSSR count). The third-order valence-electron chi connectivity index (χ3n) is 6.68. The number of nitrogens with one attached hydrogen (secondary N) is 1. The van der Waals surface area contributed by atoms with Crippen LogP contribution in [0.2, 0.25) is 0 Å². The predicted octanol–water partition coefficient (Wildman–Crippen LogP) is 5.31. The number of amides is 1. The number of carbonyl (C=O) groups is 1. The molecular formula is C28H44N6O.